The SMILES string of the molecule is CC(C)CCCNC(=O)c1ccc(Br)c(F)c1. The molecule has 17 heavy (non-hydrogen) atoms. The van der Waals surface area contributed by atoms with Crippen LogP contribution in [-0.4, -0.2) is 12.5 Å². The van der Waals surface area contributed by atoms with Crippen LogP contribution in [0.25, 0.3) is 0 Å². The van der Waals surface area contributed by atoms with Crippen LogP contribution in [0.4, 0.5) is 4.39 Å². The summed E-state index contributed by atoms with van der Waals surface area (Å²) in [7, 11) is 0. The van der Waals surface area contributed by atoms with Gasteiger partial charge in [0, 0.05) is 12.1 Å². The zero-order chi connectivity index (χ0) is 12.8. The van der Waals surface area contributed by atoms with E-state index < -0.39 is 5.82 Å². The Morgan fingerprint density at radius 3 is 2.76 bits per heavy atom. The monoisotopic (exact) mass is 301 g/mol. The van der Waals surface area contributed by atoms with Crippen molar-refractivity contribution in [2.24, 2.45) is 5.92 Å². The number of amides is 1. The third-order valence-electron chi connectivity index (χ3n) is 2.43. The molecule has 94 valence electrons. The van der Waals surface area contributed by atoms with Gasteiger partial charge in [-0.25, -0.2) is 4.39 Å². The van der Waals surface area contributed by atoms with Crippen LogP contribution in [0.15, 0.2) is 22.7 Å². The third kappa shape index (κ3) is 4.86. The summed E-state index contributed by atoms with van der Waals surface area (Å²) in [6, 6.07) is 4.38. The molecule has 0 radical (unpaired) electrons. The number of hydrogen-bond donors (Lipinski definition) is 1. The van der Waals surface area contributed by atoms with Gasteiger partial charge in [-0.3, -0.25) is 4.79 Å². The average molecular weight is 302 g/mol. The highest BCUT2D eigenvalue weighted by Crippen LogP contribution is 2.16. The first-order valence-corrected chi connectivity index (χ1v) is 6.53. The zero-order valence-electron chi connectivity index (χ0n) is 10.1. The minimum Gasteiger partial charge on any atom is -0.352 e. The number of rotatable bonds is 5. The average Bonchev–Trinajstić information content (AvgIpc) is 2.27. The van der Waals surface area contributed by atoms with E-state index in [0.717, 1.165) is 12.8 Å². The highest BCUT2D eigenvalue weighted by molar-refractivity contribution is 9.10. The van der Waals surface area contributed by atoms with E-state index >= 15 is 0 Å². The molecule has 0 saturated carbocycles. The molecule has 1 amide bonds. The van der Waals surface area contributed by atoms with Gasteiger partial charge >= 0.3 is 0 Å². The van der Waals surface area contributed by atoms with Crippen molar-refractivity contribution in [1.29, 1.82) is 0 Å². The van der Waals surface area contributed by atoms with Gasteiger partial charge in [0.15, 0.2) is 0 Å². The van der Waals surface area contributed by atoms with Crippen molar-refractivity contribution in [2.45, 2.75) is 26.7 Å². The van der Waals surface area contributed by atoms with Crippen molar-refractivity contribution in [1.82, 2.24) is 5.32 Å². The second-order valence-electron chi connectivity index (χ2n) is 4.42. The summed E-state index contributed by atoms with van der Waals surface area (Å²) in [6.07, 6.45) is 2.03. The largest absolute Gasteiger partial charge is 0.352 e. The van der Waals surface area contributed by atoms with Gasteiger partial charge in [0.2, 0.25) is 0 Å². The molecule has 0 saturated heterocycles. The van der Waals surface area contributed by atoms with Crippen molar-refractivity contribution < 1.29 is 9.18 Å². The first kappa shape index (κ1) is 14.2. The van der Waals surface area contributed by atoms with Crippen LogP contribution in [0.3, 0.4) is 0 Å². The first-order valence-electron chi connectivity index (χ1n) is 5.74. The van der Waals surface area contributed by atoms with E-state index in [0.29, 0.717) is 22.5 Å². The minimum absolute atomic E-state index is 0.222. The molecule has 0 spiro atoms. The van der Waals surface area contributed by atoms with E-state index in [-0.39, 0.29) is 5.91 Å². The van der Waals surface area contributed by atoms with E-state index in [2.05, 4.69) is 35.1 Å². The number of nitrogens with one attached hydrogen (secondary N) is 1. The van der Waals surface area contributed by atoms with Gasteiger partial charge in [-0.05, 0) is 52.9 Å². The minimum atomic E-state index is -0.417. The second kappa shape index (κ2) is 6.74. The molecule has 0 unspecified atom stereocenters. The van der Waals surface area contributed by atoms with Crippen LogP contribution in [0, 0.1) is 11.7 Å². The molecule has 1 rings (SSSR count). The molecule has 0 atom stereocenters. The fourth-order valence-electron chi connectivity index (χ4n) is 1.45. The summed E-state index contributed by atoms with van der Waals surface area (Å²) < 4.78 is 13.6. The predicted molar refractivity (Wildman–Crippen MR) is 70.5 cm³/mol. The Labute approximate surface area is 110 Å². The summed E-state index contributed by atoms with van der Waals surface area (Å²) in [5.74, 6) is -0.00277. The van der Waals surface area contributed by atoms with Crippen LogP contribution < -0.4 is 5.32 Å². The number of hydrogen-bond acceptors (Lipinski definition) is 1. The fourth-order valence-corrected chi connectivity index (χ4v) is 1.70. The van der Waals surface area contributed by atoms with Crippen LogP contribution in [0.5, 0.6) is 0 Å². The number of halogens is 2. The van der Waals surface area contributed by atoms with Crippen LogP contribution in [0.2, 0.25) is 0 Å². The second-order valence-corrected chi connectivity index (χ2v) is 5.28. The molecule has 0 aromatic heterocycles. The molecule has 0 heterocycles. The molecule has 0 aliphatic rings. The lowest BCUT2D eigenvalue weighted by Crippen LogP contribution is -2.24. The maximum Gasteiger partial charge on any atom is 0.251 e. The Kier molecular flexibility index (Phi) is 5.62. The third-order valence-corrected chi connectivity index (χ3v) is 3.07. The van der Waals surface area contributed by atoms with Crippen molar-refractivity contribution in [3.05, 3.63) is 34.1 Å². The molecular weight excluding hydrogens is 285 g/mol. The van der Waals surface area contributed by atoms with Crippen molar-refractivity contribution in [3.8, 4) is 0 Å². The normalized spacial score (nSPS) is 10.6. The topological polar surface area (TPSA) is 29.1 Å². The van der Waals surface area contributed by atoms with Crippen LogP contribution in [-0.2, 0) is 0 Å². The summed E-state index contributed by atoms with van der Waals surface area (Å²) >= 11 is 3.05. The molecular formula is C13H17BrFNO. The molecule has 1 aromatic rings. The lowest BCUT2D eigenvalue weighted by atomic mass is 10.1. The van der Waals surface area contributed by atoms with Crippen LogP contribution in [0.1, 0.15) is 37.0 Å². The van der Waals surface area contributed by atoms with Crippen LogP contribution >= 0.6 is 15.9 Å². The van der Waals surface area contributed by atoms with Gasteiger partial charge in [0.05, 0.1) is 4.47 Å². The van der Waals surface area contributed by atoms with E-state index in [1.165, 1.54) is 6.07 Å². The van der Waals surface area contributed by atoms with Gasteiger partial charge in [0.1, 0.15) is 5.82 Å². The van der Waals surface area contributed by atoms with E-state index in [1.54, 1.807) is 12.1 Å². The van der Waals surface area contributed by atoms with Gasteiger partial charge in [-0.15, -0.1) is 0 Å². The molecule has 0 aliphatic carbocycles. The maximum absolute atomic E-state index is 13.2. The zero-order valence-corrected chi connectivity index (χ0v) is 11.7. The Morgan fingerprint density at radius 1 is 1.47 bits per heavy atom. The summed E-state index contributed by atoms with van der Waals surface area (Å²) in [5.41, 5.74) is 0.357. The molecule has 0 fully saturated rings. The predicted octanol–water partition coefficient (Wildman–Crippen LogP) is 3.75. The molecule has 0 aliphatic heterocycles. The molecule has 2 nitrogen and oxygen atoms in total. The summed E-state index contributed by atoms with van der Waals surface area (Å²) in [6.45, 7) is 4.92. The molecule has 1 N–H and O–H groups in total. The Bertz CT molecular complexity index is 393. The molecule has 1 aromatic carbocycles. The quantitative estimate of drug-likeness (QED) is 0.825. The number of carbonyl (C=O) groups is 1. The van der Waals surface area contributed by atoms with Gasteiger partial charge in [-0.2, -0.15) is 0 Å². The van der Waals surface area contributed by atoms with E-state index in [9.17, 15) is 9.18 Å². The maximum atomic E-state index is 13.2. The highest BCUT2D eigenvalue weighted by atomic mass is 79.9. The highest BCUT2D eigenvalue weighted by Gasteiger charge is 2.07. The Morgan fingerprint density at radius 2 is 2.18 bits per heavy atom. The summed E-state index contributed by atoms with van der Waals surface area (Å²) in [4.78, 5) is 11.7. The van der Waals surface area contributed by atoms with Gasteiger partial charge in [-0.1, -0.05) is 13.8 Å². The fraction of sp³-hybridized carbons (Fsp3) is 0.462. The molecule has 0 bridgehead atoms. The van der Waals surface area contributed by atoms with Gasteiger partial charge in [0.25, 0.3) is 5.91 Å². The number of carbonyl (C=O) groups excluding carboxylic acids is 1. The van der Waals surface area contributed by atoms with Crippen molar-refractivity contribution in [3.63, 3.8) is 0 Å². The van der Waals surface area contributed by atoms with E-state index in [4.69, 9.17) is 0 Å². The van der Waals surface area contributed by atoms with E-state index in [1.807, 2.05) is 0 Å². The lowest BCUT2D eigenvalue weighted by Gasteiger charge is -2.07. The Hall–Kier alpha value is -0.900. The van der Waals surface area contributed by atoms with Crippen molar-refractivity contribution >= 4 is 21.8 Å². The lowest BCUT2D eigenvalue weighted by molar-refractivity contribution is 0.0952. The Balaban J connectivity index is 2.44. The van der Waals surface area contributed by atoms with Gasteiger partial charge < -0.3 is 5.32 Å². The first-order chi connectivity index (χ1) is 8.00. The number of benzene rings is 1. The molecule has 4 heteroatoms. The van der Waals surface area contributed by atoms with Crippen molar-refractivity contribution in [2.75, 3.05) is 6.54 Å². The summed E-state index contributed by atoms with van der Waals surface area (Å²) in [5, 5.41) is 2.78. The smallest absolute Gasteiger partial charge is 0.251 e. The standard InChI is InChI=1S/C13H17BrFNO/c1-9(2)4-3-7-16-13(17)10-5-6-11(14)12(15)8-10/h5-6,8-9H,3-4,7H2,1-2H3,(H,16,17).